The average Bonchev–Trinajstić information content (AvgIpc) is 3.25. The number of rotatable bonds is 8. The minimum atomic E-state index is -0.0443. The van der Waals surface area contributed by atoms with Gasteiger partial charge in [-0.05, 0) is 31.9 Å². The molecule has 186 valence electrons. The average molecular weight is 496 g/mol. The number of nitrogens with one attached hydrogen (secondary N) is 1. The van der Waals surface area contributed by atoms with Crippen LogP contribution in [0.2, 0.25) is 0 Å². The summed E-state index contributed by atoms with van der Waals surface area (Å²) in [6.45, 7) is 12.3. The highest BCUT2D eigenvalue weighted by Crippen LogP contribution is 2.21. The number of amides is 2. The molecule has 3 heterocycles. The summed E-state index contributed by atoms with van der Waals surface area (Å²) in [4.78, 5) is 37.1. The lowest BCUT2D eigenvalue weighted by Crippen LogP contribution is -2.49. The molecule has 10 heteroatoms. The van der Waals surface area contributed by atoms with Crippen molar-refractivity contribution in [2.24, 2.45) is 0 Å². The van der Waals surface area contributed by atoms with Crippen LogP contribution < -0.4 is 5.32 Å². The summed E-state index contributed by atoms with van der Waals surface area (Å²) < 4.78 is 1.78. The summed E-state index contributed by atoms with van der Waals surface area (Å²) in [7, 11) is 0. The first kappa shape index (κ1) is 25.1. The number of aromatic nitrogens is 4. The maximum absolute atomic E-state index is 12.3. The van der Waals surface area contributed by atoms with Gasteiger partial charge in [0.1, 0.15) is 0 Å². The van der Waals surface area contributed by atoms with Gasteiger partial charge in [0.15, 0.2) is 0 Å². The van der Waals surface area contributed by atoms with E-state index in [2.05, 4.69) is 56.5 Å². The van der Waals surface area contributed by atoms with E-state index < -0.39 is 0 Å². The lowest BCUT2D eigenvalue weighted by Gasteiger charge is -2.34. The van der Waals surface area contributed by atoms with Gasteiger partial charge >= 0.3 is 0 Å². The molecule has 2 amide bonds. The maximum Gasteiger partial charge on any atom is 0.253 e. The molecule has 0 aliphatic carbocycles. The molecule has 1 fully saturated rings. The molecule has 1 aliphatic heterocycles. The molecular formula is C25H33N7O2S. The largest absolute Gasteiger partial charge is 0.354 e. The SMILES string of the molecule is CC(=O)N1CCN(CCNC(=O)CSc2nc3nc(C)c(Cc4ccc(C)cc4)c(C)n3n2)CC1. The number of benzene rings is 1. The van der Waals surface area contributed by atoms with Crippen molar-refractivity contribution in [3.63, 3.8) is 0 Å². The molecule has 0 radical (unpaired) electrons. The predicted octanol–water partition coefficient (Wildman–Crippen LogP) is 2.01. The Morgan fingerprint density at radius 3 is 2.43 bits per heavy atom. The van der Waals surface area contributed by atoms with Crippen LogP contribution in [0.1, 0.15) is 35.0 Å². The van der Waals surface area contributed by atoms with Gasteiger partial charge in [-0.2, -0.15) is 4.98 Å². The van der Waals surface area contributed by atoms with Crippen LogP contribution >= 0.6 is 11.8 Å². The Labute approximate surface area is 210 Å². The first-order chi connectivity index (χ1) is 16.8. The summed E-state index contributed by atoms with van der Waals surface area (Å²) in [5.41, 5.74) is 5.58. The van der Waals surface area contributed by atoms with Crippen molar-refractivity contribution in [2.75, 3.05) is 45.0 Å². The fraction of sp³-hybridized carbons (Fsp3) is 0.480. The molecule has 1 aromatic carbocycles. The Morgan fingerprint density at radius 2 is 1.74 bits per heavy atom. The highest BCUT2D eigenvalue weighted by molar-refractivity contribution is 7.99. The van der Waals surface area contributed by atoms with Crippen LogP contribution in [0.3, 0.4) is 0 Å². The number of carbonyl (C=O) groups is 2. The predicted molar refractivity (Wildman–Crippen MR) is 137 cm³/mol. The Hall–Kier alpha value is -2.98. The molecule has 3 aromatic rings. The van der Waals surface area contributed by atoms with Gasteiger partial charge in [0.05, 0.1) is 5.75 Å². The van der Waals surface area contributed by atoms with Gasteiger partial charge in [-0.15, -0.1) is 5.10 Å². The second kappa shape index (κ2) is 11.2. The molecule has 9 nitrogen and oxygen atoms in total. The molecule has 0 spiro atoms. The Kier molecular flexibility index (Phi) is 8.02. The molecule has 0 atom stereocenters. The van der Waals surface area contributed by atoms with Gasteiger partial charge in [0.25, 0.3) is 5.78 Å². The topological polar surface area (TPSA) is 95.7 Å². The van der Waals surface area contributed by atoms with Gasteiger partial charge in [0, 0.05) is 64.0 Å². The van der Waals surface area contributed by atoms with E-state index in [1.807, 2.05) is 18.7 Å². The first-order valence-corrected chi connectivity index (χ1v) is 12.9. The van der Waals surface area contributed by atoms with Crippen LogP contribution in [0.25, 0.3) is 5.78 Å². The van der Waals surface area contributed by atoms with Crippen LogP contribution in [0.5, 0.6) is 0 Å². The minimum absolute atomic E-state index is 0.0443. The summed E-state index contributed by atoms with van der Waals surface area (Å²) in [6, 6.07) is 8.53. The van der Waals surface area contributed by atoms with Gasteiger partial charge < -0.3 is 10.2 Å². The van der Waals surface area contributed by atoms with Crippen molar-refractivity contribution < 1.29 is 9.59 Å². The molecule has 1 aliphatic rings. The fourth-order valence-electron chi connectivity index (χ4n) is 4.24. The summed E-state index contributed by atoms with van der Waals surface area (Å²) >= 11 is 1.32. The van der Waals surface area contributed by atoms with Crippen molar-refractivity contribution in [3.05, 3.63) is 52.3 Å². The Bertz CT molecular complexity index is 1200. The van der Waals surface area contributed by atoms with Crippen LogP contribution in [0.4, 0.5) is 0 Å². The van der Waals surface area contributed by atoms with E-state index in [9.17, 15) is 9.59 Å². The number of hydrogen-bond acceptors (Lipinski definition) is 7. The number of nitrogens with zero attached hydrogens (tertiary/aromatic N) is 6. The zero-order valence-electron chi connectivity index (χ0n) is 20.9. The fourth-order valence-corrected chi connectivity index (χ4v) is 4.89. The van der Waals surface area contributed by atoms with E-state index in [4.69, 9.17) is 0 Å². The maximum atomic E-state index is 12.3. The lowest BCUT2D eigenvalue weighted by molar-refractivity contribution is -0.130. The molecule has 0 bridgehead atoms. The lowest BCUT2D eigenvalue weighted by atomic mass is 10.0. The molecule has 35 heavy (non-hydrogen) atoms. The van der Waals surface area contributed by atoms with Gasteiger partial charge in [0.2, 0.25) is 17.0 Å². The molecule has 2 aromatic heterocycles. The monoisotopic (exact) mass is 495 g/mol. The number of fused-ring (bicyclic) bond motifs is 1. The molecule has 0 saturated carbocycles. The number of aryl methyl sites for hydroxylation is 3. The second-order valence-electron chi connectivity index (χ2n) is 9.02. The highest BCUT2D eigenvalue weighted by Gasteiger charge is 2.18. The molecule has 4 rings (SSSR count). The van der Waals surface area contributed by atoms with Crippen LogP contribution in [0.15, 0.2) is 29.4 Å². The quantitative estimate of drug-likeness (QED) is 0.478. The summed E-state index contributed by atoms with van der Waals surface area (Å²) in [5, 5.41) is 8.12. The smallest absolute Gasteiger partial charge is 0.253 e. The van der Waals surface area contributed by atoms with E-state index in [1.54, 1.807) is 11.4 Å². The number of thioether (sulfide) groups is 1. The van der Waals surface area contributed by atoms with Crippen LogP contribution in [-0.4, -0.2) is 86.2 Å². The third kappa shape index (κ3) is 6.37. The Morgan fingerprint density at radius 1 is 1.03 bits per heavy atom. The molecular weight excluding hydrogens is 462 g/mol. The van der Waals surface area contributed by atoms with Crippen molar-refractivity contribution in [1.29, 1.82) is 0 Å². The normalized spacial score (nSPS) is 14.5. The number of hydrogen-bond donors (Lipinski definition) is 1. The number of carbonyl (C=O) groups excluding carboxylic acids is 2. The third-order valence-corrected chi connectivity index (χ3v) is 7.27. The number of piperazine rings is 1. The van der Waals surface area contributed by atoms with Crippen LogP contribution in [-0.2, 0) is 16.0 Å². The third-order valence-electron chi connectivity index (χ3n) is 6.43. The first-order valence-electron chi connectivity index (χ1n) is 12.0. The van der Waals surface area contributed by atoms with E-state index in [0.29, 0.717) is 17.5 Å². The zero-order chi connectivity index (χ0) is 24.9. The van der Waals surface area contributed by atoms with Crippen molar-refractivity contribution in [1.82, 2.24) is 34.7 Å². The summed E-state index contributed by atoms with van der Waals surface area (Å²) in [6.07, 6.45) is 0.787. The van der Waals surface area contributed by atoms with Gasteiger partial charge in [-0.3, -0.25) is 14.5 Å². The van der Waals surface area contributed by atoms with Gasteiger partial charge in [-0.1, -0.05) is 41.6 Å². The van der Waals surface area contributed by atoms with E-state index in [0.717, 1.165) is 56.1 Å². The van der Waals surface area contributed by atoms with E-state index in [-0.39, 0.29) is 17.6 Å². The molecule has 1 N–H and O–H groups in total. The molecule has 0 unspecified atom stereocenters. The van der Waals surface area contributed by atoms with Crippen molar-refractivity contribution in [2.45, 2.75) is 39.3 Å². The van der Waals surface area contributed by atoms with E-state index in [1.165, 1.54) is 22.9 Å². The second-order valence-corrected chi connectivity index (χ2v) is 9.96. The van der Waals surface area contributed by atoms with E-state index >= 15 is 0 Å². The van der Waals surface area contributed by atoms with Gasteiger partial charge in [-0.25, -0.2) is 9.50 Å². The highest BCUT2D eigenvalue weighted by atomic mass is 32.2. The summed E-state index contributed by atoms with van der Waals surface area (Å²) in [5.74, 6) is 0.888. The Balaban J connectivity index is 1.29. The van der Waals surface area contributed by atoms with Crippen LogP contribution in [0, 0.1) is 20.8 Å². The minimum Gasteiger partial charge on any atom is -0.354 e. The zero-order valence-corrected chi connectivity index (χ0v) is 21.7. The standard InChI is InChI=1S/C25H33N7O2S/c1-17-5-7-21(8-6-17)15-22-18(2)27-24-28-25(29-32(24)19(22)3)35-16-23(34)26-9-10-30-11-13-31(14-12-30)20(4)33/h5-8H,9-16H2,1-4H3,(H,26,34). The van der Waals surface area contributed by atoms with Crippen molar-refractivity contribution in [3.8, 4) is 0 Å². The molecule has 1 saturated heterocycles. The van der Waals surface area contributed by atoms with Crippen molar-refractivity contribution >= 4 is 29.4 Å².